The lowest BCUT2D eigenvalue weighted by Crippen LogP contribution is -2.22. The van der Waals surface area contributed by atoms with E-state index >= 15 is 0 Å². The summed E-state index contributed by atoms with van der Waals surface area (Å²) in [6.45, 7) is 1.30. The van der Waals surface area contributed by atoms with Crippen molar-refractivity contribution >= 4 is 0 Å². The van der Waals surface area contributed by atoms with Gasteiger partial charge in [-0.15, -0.1) is 0 Å². The molecule has 1 heteroatoms. The van der Waals surface area contributed by atoms with E-state index < -0.39 is 0 Å². The van der Waals surface area contributed by atoms with E-state index in [9.17, 15) is 0 Å². The number of rotatable bonds is 4. The molecule has 3 atom stereocenters. The molecule has 0 aromatic carbocycles. The molecule has 0 saturated heterocycles. The van der Waals surface area contributed by atoms with Crippen molar-refractivity contribution < 1.29 is 0 Å². The monoisotopic (exact) mass is 179 g/mol. The topological polar surface area (TPSA) is 12.0 Å². The highest BCUT2D eigenvalue weighted by atomic mass is 14.9. The predicted molar refractivity (Wildman–Crippen MR) is 54.6 cm³/mol. The molecule has 0 spiro atoms. The lowest BCUT2D eigenvalue weighted by atomic mass is 9.86. The fourth-order valence-electron chi connectivity index (χ4n) is 3.49. The van der Waals surface area contributed by atoms with Crippen LogP contribution in [0.15, 0.2) is 0 Å². The van der Waals surface area contributed by atoms with Crippen molar-refractivity contribution in [2.24, 2.45) is 17.8 Å². The maximum absolute atomic E-state index is 3.64. The highest BCUT2D eigenvalue weighted by Crippen LogP contribution is 2.49. The molecule has 3 aliphatic rings. The Hall–Kier alpha value is -0.0400. The average molecular weight is 179 g/mol. The van der Waals surface area contributed by atoms with Crippen molar-refractivity contribution in [3.8, 4) is 0 Å². The molecular weight excluding hydrogens is 158 g/mol. The zero-order chi connectivity index (χ0) is 8.67. The van der Waals surface area contributed by atoms with Gasteiger partial charge in [0.05, 0.1) is 0 Å². The van der Waals surface area contributed by atoms with Crippen molar-refractivity contribution in [2.45, 2.75) is 51.0 Å². The Balaban J connectivity index is 1.40. The van der Waals surface area contributed by atoms with Crippen LogP contribution in [-0.2, 0) is 0 Å². The highest BCUT2D eigenvalue weighted by Gasteiger charge is 2.38. The van der Waals surface area contributed by atoms with Gasteiger partial charge in [0.1, 0.15) is 0 Å². The van der Waals surface area contributed by atoms with Gasteiger partial charge in [-0.3, -0.25) is 0 Å². The molecule has 3 rings (SSSR count). The van der Waals surface area contributed by atoms with Gasteiger partial charge >= 0.3 is 0 Å². The van der Waals surface area contributed by atoms with Crippen LogP contribution in [-0.4, -0.2) is 12.6 Å². The highest BCUT2D eigenvalue weighted by molar-refractivity contribution is 4.90. The normalized spacial score (nSPS) is 42.9. The third-order valence-corrected chi connectivity index (χ3v) is 4.41. The molecule has 0 radical (unpaired) electrons. The molecule has 0 aromatic heterocycles. The van der Waals surface area contributed by atoms with Crippen molar-refractivity contribution in [3.63, 3.8) is 0 Å². The maximum Gasteiger partial charge on any atom is 0.00682 e. The first-order valence-corrected chi connectivity index (χ1v) is 6.15. The van der Waals surface area contributed by atoms with E-state index in [1.54, 1.807) is 25.7 Å². The van der Waals surface area contributed by atoms with Crippen LogP contribution in [0.3, 0.4) is 0 Å². The van der Waals surface area contributed by atoms with Crippen molar-refractivity contribution in [1.82, 2.24) is 5.32 Å². The van der Waals surface area contributed by atoms with E-state index in [0.29, 0.717) is 0 Å². The fraction of sp³-hybridized carbons (Fsp3) is 1.00. The second-order valence-electron chi connectivity index (χ2n) is 5.45. The zero-order valence-corrected chi connectivity index (χ0v) is 8.47. The standard InChI is InChI=1S/C12H21N/c1-2-10-7-9(1)8-11(10)5-6-13-12-3-4-12/h9-13H,1-8H2. The summed E-state index contributed by atoms with van der Waals surface area (Å²) in [5, 5.41) is 3.64. The molecule has 3 unspecified atom stereocenters. The summed E-state index contributed by atoms with van der Waals surface area (Å²) in [7, 11) is 0. The van der Waals surface area contributed by atoms with Gasteiger partial charge in [-0.1, -0.05) is 6.42 Å². The van der Waals surface area contributed by atoms with Crippen LogP contribution >= 0.6 is 0 Å². The van der Waals surface area contributed by atoms with Gasteiger partial charge in [-0.05, 0) is 62.8 Å². The Labute approximate surface area is 81.3 Å². The summed E-state index contributed by atoms with van der Waals surface area (Å²) in [5.41, 5.74) is 0. The quantitative estimate of drug-likeness (QED) is 0.699. The van der Waals surface area contributed by atoms with Crippen LogP contribution < -0.4 is 5.32 Å². The van der Waals surface area contributed by atoms with Gasteiger partial charge in [0, 0.05) is 6.04 Å². The number of hydrogen-bond acceptors (Lipinski definition) is 1. The maximum atomic E-state index is 3.64. The Bertz CT molecular complexity index is 186. The van der Waals surface area contributed by atoms with E-state index in [2.05, 4.69) is 5.32 Å². The summed E-state index contributed by atoms with van der Waals surface area (Å²) >= 11 is 0. The molecule has 3 aliphatic carbocycles. The fourth-order valence-corrected chi connectivity index (χ4v) is 3.49. The molecular formula is C12H21N. The van der Waals surface area contributed by atoms with Gasteiger partial charge in [-0.2, -0.15) is 0 Å². The molecule has 74 valence electrons. The van der Waals surface area contributed by atoms with Gasteiger partial charge in [-0.25, -0.2) is 0 Å². The lowest BCUT2D eigenvalue weighted by Gasteiger charge is -2.21. The average Bonchev–Trinajstić information content (AvgIpc) is 2.74. The predicted octanol–water partition coefficient (Wildman–Crippen LogP) is 2.56. The largest absolute Gasteiger partial charge is 0.314 e. The van der Waals surface area contributed by atoms with E-state index in [4.69, 9.17) is 0 Å². The van der Waals surface area contributed by atoms with Crippen molar-refractivity contribution in [1.29, 1.82) is 0 Å². The van der Waals surface area contributed by atoms with Crippen LogP contribution in [0.25, 0.3) is 0 Å². The van der Waals surface area contributed by atoms with Gasteiger partial charge in [0.25, 0.3) is 0 Å². The minimum atomic E-state index is 0.915. The molecule has 0 aromatic rings. The number of fused-ring (bicyclic) bond motifs is 2. The molecule has 2 bridgehead atoms. The van der Waals surface area contributed by atoms with Crippen molar-refractivity contribution in [2.75, 3.05) is 6.54 Å². The molecule has 0 aliphatic heterocycles. The summed E-state index contributed by atoms with van der Waals surface area (Å²) < 4.78 is 0. The summed E-state index contributed by atoms with van der Waals surface area (Å²) in [4.78, 5) is 0. The first-order chi connectivity index (χ1) is 6.42. The van der Waals surface area contributed by atoms with Crippen LogP contribution in [0.4, 0.5) is 0 Å². The molecule has 0 amide bonds. The van der Waals surface area contributed by atoms with E-state index in [0.717, 1.165) is 23.8 Å². The third-order valence-electron chi connectivity index (χ3n) is 4.41. The van der Waals surface area contributed by atoms with Crippen molar-refractivity contribution in [3.05, 3.63) is 0 Å². The summed E-state index contributed by atoms with van der Waals surface area (Å²) in [5.74, 6) is 3.37. The van der Waals surface area contributed by atoms with E-state index in [1.807, 2.05) is 0 Å². The first-order valence-electron chi connectivity index (χ1n) is 6.15. The van der Waals surface area contributed by atoms with Crippen LogP contribution in [0.2, 0.25) is 0 Å². The summed E-state index contributed by atoms with van der Waals surface area (Å²) in [6.07, 6.45) is 10.6. The second-order valence-corrected chi connectivity index (χ2v) is 5.45. The van der Waals surface area contributed by atoms with Gasteiger partial charge in [0.15, 0.2) is 0 Å². The second kappa shape index (κ2) is 3.27. The minimum Gasteiger partial charge on any atom is -0.314 e. The smallest absolute Gasteiger partial charge is 0.00682 e. The Morgan fingerprint density at radius 3 is 2.54 bits per heavy atom. The number of nitrogens with one attached hydrogen (secondary N) is 1. The lowest BCUT2D eigenvalue weighted by molar-refractivity contribution is 0.310. The summed E-state index contributed by atoms with van der Waals surface area (Å²) in [6, 6.07) is 0.915. The molecule has 1 nitrogen and oxygen atoms in total. The Kier molecular flexibility index (Phi) is 2.08. The van der Waals surface area contributed by atoms with Crippen LogP contribution in [0.5, 0.6) is 0 Å². The number of hydrogen-bond donors (Lipinski definition) is 1. The molecule has 1 N–H and O–H groups in total. The Morgan fingerprint density at radius 2 is 1.92 bits per heavy atom. The third kappa shape index (κ3) is 1.76. The van der Waals surface area contributed by atoms with Gasteiger partial charge in [0.2, 0.25) is 0 Å². The first kappa shape index (κ1) is 8.28. The van der Waals surface area contributed by atoms with E-state index in [1.165, 1.54) is 25.8 Å². The van der Waals surface area contributed by atoms with Gasteiger partial charge < -0.3 is 5.32 Å². The zero-order valence-electron chi connectivity index (χ0n) is 8.47. The Morgan fingerprint density at radius 1 is 1.00 bits per heavy atom. The molecule has 13 heavy (non-hydrogen) atoms. The van der Waals surface area contributed by atoms with Crippen LogP contribution in [0, 0.1) is 17.8 Å². The minimum absolute atomic E-state index is 0.915. The van der Waals surface area contributed by atoms with E-state index in [-0.39, 0.29) is 0 Å². The molecule has 3 fully saturated rings. The van der Waals surface area contributed by atoms with Crippen LogP contribution in [0.1, 0.15) is 44.9 Å². The SMILES string of the molecule is C(CC1CC2CCC1C2)NC1CC1. The molecule has 3 saturated carbocycles. The molecule has 0 heterocycles.